The summed E-state index contributed by atoms with van der Waals surface area (Å²) in [5, 5.41) is 5.84. The molecule has 0 amide bonds. The second-order valence-electron chi connectivity index (χ2n) is 5.07. The fourth-order valence-corrected chi connectivity index (χ4v) is 4.52. The molecule has 0 spiro atoms. The highest BCUT2D eigenvalue weighted by Gasteiger charge is 2.32. The highest BCUT2D eigenvalue weighted by molar-refractivity contribution is 9.10. The largest absolute Gasteiger partial charge is 0.313 e. The number of fused-ring (bicyclic) bond motifs is 1. The first-order chi connectivity index (χ1) is 9.29. The van der Waals surface area contributed by atoms with Crippen molar-refractivity contribution in [3.8, 4) is 0 Å². The number of halogens is 1. The number of benzene rings is 1. The van der Waals surface area contributed by atoms with Crippen LogP contribution >= 0.6 is 27.3 Å². The first kappa shape index (κ1) is 13.3. The molecule has 0 bridgehead atoms. The maximum Gasteiger partial charge on any atom is 0.0314 e. The topological polar surface area (TPSA) is 12.0 Å². The summed E-state index contributed by atoms with van der Waals surface area (Å²) in [7, 11) is 0. The van der Waals surface area contributed by atoms with Gasteiger partial charge in [-0.15, -0.1) is 11.3 Å². The Kier molecular flexibility index (Phi) is 4.06. The minimum Gasteiger partial charge on any atom is -0.313 e. The van der Waals surface area contributed by atoms with Gasteiger partial charge in [0.2, 0.25) is 0 Å². The fraction of sp³-hybridized carbons (Fsp3) is 0.375. The lowest BCUT2D eigenvalue weighted by Crippen LogP contribution is -2.41. The van der Waals surface area contributed by atoms with E-state index in [-0.39, 0.29) is 0 Å². The van der Waals surface area contributed by atoms with Crippen LogP contribution in [0.3, 0.4) is 0 Å². The Morgan fingerprint density at radius 1 is 1.37 bits per heavy atom. The highest BCUT2D eigenvalue weighted by atomic mass is 79.9. The molecule has 0 saturated heterocycles. The van der Waals surface area contributed by atoms with Crippen molar-refractivity contribution < 1.29 is 0 Å². The van der Waals surface area contributed by atoms with Crippen molar-refractivity contribution in [1.29, 1.82) is 0 Å². The zero-order valence-electron chi connectivity index (χ0n) is 11.0. The van der Waals surface area contributed by atoms with Crippen LogP contribution in [0.15, 0.2) is 40.2 Å². The van der Waals surface area contributed by atoms with Crippen LogP contribution in [0.4, 0.5) is 0 Å². The third-order valence-corrected chi connectivity index (χ3v) is 5.89. The molecule has 0 radical (unpaired) electrons. The van der Waals surface area contributed by atoms with Crippen molar-refractivity contribution >= 4 is 27.3 Å². The van der Waals surface area contributed by atoms with Crippen LogP contribution in [-0.4, -0.2) is 12.6 Å². The molecule has 2 aromatic rings. The normalized spacial score (nSPS) is 18.7. The van der Waals surface area contributed by atoms with Crippen molar-refractivity contribution in [2.75, 3.05) is 6.54 Å². The van der Waals surface area contributed by atoms with E-state index >= 15 is 0 Å². The molecule has 3 rings (SSSR count). The van der Waals surface area contributed by atoms with E-state index in [1.165, 1.54) is 21.3 Å². The summed E-state index contributed by atoms with van der Waals surface area (Å²) in [6.45, 7) is 3.23. The van der Waals surface area contributed by atoms with Crippen LogP contribution in [0.25, 0.3) is 0 Å². The van der Waals surface area contributed by atoms with Gasteiger partial charge < -0.3 is 5.32 Å². The number of likely N-dealkylation sites (N-methyl/N-ethyl adjacent to an activating group) is 1. The predicted molar refractivity (Wildman–Crippen MR) is 86.1 cm³/mol. The average Bonchev–Trinajstić information content (AvgIpc) is 2.77. The quantitative estimate of drug-likeness (QED) is 0.855. The molecule has 100 valence electrons. The average molecular weight is 336 g/mol. The predicted octanol–water partition coefficient (Wildman–Crippen LogP) is 4.37. The Balaban J connectivity index is 1.78. The molecule has 1 heterocycles. The summed E-state index contributed by atoms with van der Waals surface area (Å²) in [5.74, 6) is 0.671. The van der Waals surface area contributed by atoms with Crippen molar-refractivity contribution in [2.45, 2.75) is 31.7 Å². The molecule has 0 aliphatic heterocycles. The van der Waals surface area contributed by atoms with E-state index in [1.807, 2.05) is 11.3 Å². The lowest BCUT2D eigenvalue weighted by Gasteiger charge is -2.37. The van der Waals surface area contributed by atoms with Crippen LogP contribution in [0.2, 0.25) is 0 Å². The van der Waals surface area contributed by atoms with Gasteiger partial charge in [-0.1, -0.05) is 31.2 Å². The summed E-state index contributed by atoms with van der Waals surface area (Å²) >= 11 is 5.50. The molecular weight excluding hydrogens is 318 g/mol. The number of thiophene rings is 1. The maximum atomic E-state index is 3.68. The number of rotatable bonds is 5. The third kappa shape index (κ3) is 2.64. The first-order valence-corrected chi connectivity index (χ1v) is 8.50. The maximum absolute atomic E-state index is 3.68. The molecule has 1 aromatic carbocycles. The number of hydrogen-bond acceptors (Lipinski definition) is 2. The smallest absolute Gasteiger partial charge is 0.0314 e. The van der Waals surface area contributed by atoms with E-state index < -0.39 is 0 Å². The summed E-state index contributed by atoms with van der Waals surface area (Å²) in [6, 6.07) is 11.6. The summed E-state index contributed by atoms with van der Waals surface area (Å²) < 4.78 is 1.26. The van der Waals surface area contributed by atoms with E-state index in [9.17, 15) is 0 Å². The summed E-state index contributed by atoms with van der Waals surface area (Å²) in [4.78, 5) is 1.45. The van der Waals surface area contributed by atoms with E-state index in [2.05, 4.69) is 63.9 Å². The summed E-state index contributed by atoms with van der Waals surface area (Å²) in [6.07, 6.45) is 2.34. The van der Waals surface area contributed by atoms with Gasteiger partial charge in [-0.25, -0.2) is 0 Å². The molecule has 0 fully saturated rings. The molecule has 19 heavy (non-hydrogen) atoms. The molecule has 1 N–H and O–H groups in total. The van der Waals surface area contributed by atoms with Crippen molar-refractivity contribution in [3.05, 3.63) is 56.2 Å². The Morgan fingerprint density at radius 3 is 2.89 bits per heavy atom. The van der Waals surface area contributed by atoms with Crippen LogP contribution < -0.4 is 5.32 Å². The monoisotopic (exact) mass is 335 g/mol. The lowest BCUT2D eigenvalue weighted by molar-refractivity contribution is 0.406. The molecule has 1 aliphatic rings. The Labute approximate surface area is 127 Å². The Bertz CT molecular complexity index is 563. The fourth-order valence-electron chi connectivity index (χ4n) is 2.95. The van der Waals surface area contributed by atoms with Crippen molar-refractivity contribution in [3.63, 3.8) is 0 Å². The van der Waals surface area contributed by atoms with Crippen molar-refractivity contribution in [2.24, 2.45) is 0 Å². The van der Waals surface area contributed by atoms with Gasteiger partial charge in [0.05, 0.1) is 0 Å². The van der Waals surface area contributed by atoms with Gasteiger partial charge in [-0.05, 0) is 57.9 Å². The molecule has 2 unspecified atom stereocenters. The van der Waals surface area contributed by atoms with Crippen LogP contribution in [-0.2, 0) is 12.8 Å². The molecule has 1 nitrogen and oxygen atoms in total. The van der Waals surface area contributed by atoms with E-state index in [4.69, 9.17) is 0 Å². The Hall–Kier alpha value is -0.640. The SMILES string of the molecule is CCNC(Cc1sccc1Br)C1Cc2ccccc21. The molecule has 3 heteroatoms. The lowest BCUT2D eigenvalue weighted by atomic mass is 9.72. The van der Waals surface area contributed by atoms with Gasteiger partial charge >= 0.3 is 0 Å². The molecular formula is C16H18BrNS. The van der Waals surface area contributed by atoms with Gasteiger partial charge in [0.25, 0.3) is 0 Å². The van der Waals surface area contributed by atoms with Crippen LogP contribution in [0.5, 0.6) is 0 Å². The van der Waals surface area contributed by atoms with Gasteiger partial charge in [-0.3, -0.25) is 0 Å². The van der Waals surface area contributed by atoms with Crippen LogP contribution in [0, 0.1) is 0 Å². The molecule has 0 saturated carbocycles. The number of hydrogen-bond donors (Lipinski definition) is 1. The van der Waals surface area contributed by atoms with Crippen molar-refractivity contribution in [1.82, 2.24) is 5.32 Å². The van der Waals surface area contributed by atoms with Gasteiger partial charge in [0.1, 0.15) is 0 Å². The zero-order chi connectivity index (χ0) is 13.2. The molecule has 1 aromatic heterocycles. The van der Waals surface area contributed by atoms with E-state index in [0.717, 1.165) is 13.0 Å². The minimum absolute atomic E-state index is 0.551. The molecule has 2 atom stereocenters. The van der Waals surface area contributed by atoms with Gasteiger partial charge in [0, 0.05) is 21.3 Å². The standard InChI is InChI=1S/C16H18BrNS/c1-2-18-15(10-16-14(17)7-8-19-16)13-9-11-5-3-4-6-12(11)13/h3-8,13,15,18H,2,9-10H2,1H3. The Morgan fingerprint density at radius 2 is 2.21 bits per heavy atom. The highest BCUT2D eigenvalue weighted by Crippen LogP contribution is 2.39. The van der Waals surface area contributed by atoms with Gasteiger partial charge in [0.15, 0.2) is 0 Å². The first-order valence-electron chi connectivity index (χ1n) is 6.82. The molecule has 1 aliphatic carbocycles. The summed E-state index contributed by atoms with van der Waals surface area (Å²) in [5.41, 5.74) is 3.07. The third-order valence-electron chi connectivity index (χ3n) is 3.94. The van der Waals surface area contributed by atoms with Gasteiger partial charge in [-0.2, -0.15) is 0 Å². The van der Waals surface area contributed by atoms with E-state index in [0.29, 0.717) is 12.0 Å². The van der Waals surface area contributed by atoms with E-state index in [1.54, 1.807) is 5.56 Å². The second-order valence-corrected chi connectivity index (χ2v) is 6.92. The van der Waals surface area contributed by atoms with Crippen LogP contribution in [0.1, 0.15) is 28.8 Å². The zero-order valence-corrected chi connectivity index (χ0v) is 13.4. The number of nitrogens with one attached hydrogen (secondary N) is 1. The second kappa shape index (κ2) is 5.78. The minimum atomic E-state index is 0.551.